The van der Waals surface area contributed by atoms with Crippen LogP contribution >= 0.6 is 0 Å². The molecule has 2 aromatic carbocycles. The van der Waals surface area contributed by atoms with Crippen molar-refractivity contribution in [1.29, 1.82) is 0 Å². The summed E-state index contributed by atoms with van der Waals surface area (Å²) in [4.78, 5) is 0. The largest absolute Gasteiger partial charge is 0.207 e. The minimum absolute atomic E-state index is 0.0571. The van der Waals surface area contributed by atoms with Crippen LogP contribution in [0.15, 0.2) is 30.3 Å². The quantitative estimate of drug-likeness (QED) is 0.403. The van der Waals surface area contributed by atoms with Crippen molar-refractivity contribution in [1.82, 2.24) is 0 Å². The van der Waals surface area contributed by atoms with E-state index in [0.29, 0.717) is 6.07 Å². The van der Waals surface area contributed by atoms with Crippen molar-refractivity contribution in [3.63, 3.8) is 0 Å². The smallest absolute Gasteiger partial charge is 0.198 e. The van der Waals surface area contributed by atoms with Gasteiger partial charge in [0.05, 0.1) is 0 Å². The van der Waals surface area contributed by atoms with Crippen LogP contribution in [0.25, 0.3) is 11.1 Å². The van der Waals surface area contributed by atoms with Crippen molar-refractivity contribution in [2.24, 2.45) is 0 Å². The molecule has 0 spiro atoms. The van der Waals surface area contributed by atoms with Gasteiger partial charge < -0.3 is 0 Å². The van der Waals surface area contributed by atoms with E-state index in [0.717, 1.165) is 24.3 Å². The topological polar surface area (TPSA) is 0 Å². The molecule has 0 fully saturated rings. The summed E-state index contributed by atoms with van der Waals surface area (Å²) < 4.78 is 64.6. The zero-order chi connectivity index (χ0) is 12.6. The van der Waals surface area contributed by atoms with E-state index in [4.69, 9.17) is 0 Å². The van der Waals surface area contributed by atoms with Gasteiger partial charge in [-0.1, -0.05) is 12.1 Å². The fourth-order valence-electron chi connectivity index (χ4n) is 1.41. The van der Waals surface area contributed by atoms with E-state index < -0.39 is 34.6 Å². The molecule has 0 aliphatic heterocycles. The van der Waals surface area contributed by atoms with E-state index in [1.807, 2.05) is 0 Å². The maximum Gasteiger partial charge on any atom is 0.198 e. The van der Waals surface area contributed by atoms with Gasteiger partial charge in [-0.2, -0.15) is 0 Å². The highest BCUT2D eigenvalue weighted by Crippen LogP contribution is 2.27. The average molecular weight is 244 g/mol. The summed E-state index contributed by atoms with van der Waals surface area (Å²) in [6.45, 7) is 0. The van der Waals surface area contributed by atoms with Crippen molar-refractivity contribution < 1.29 is 22.0 Å². The van der Waals surface area contributed by atoms with Crippen LogP contribution in [0.2, 0.25) is 0 Å². The highest BCUT2D eigenvalue weighted by Gasteiger charge is 2.19. The molecule has 0 aliphatic rings. The second kappa shape index (κ2) is 4.16. The Balaban J connectivity index is 2.64. The monoisotopic (exact) mass is 244 g/mol. The van der Waals surface area contributed by atoms with Crippen LogP contribution in [0, 0.1) is 29.1 Å². The Morgan fingerprint density at radius 2 is 1.24 bits per heavy atom. The van der Waals surface area contributed by atoms with Gasteiger partial charge in [-0.05, 0) is 23.8 Å². The lowest BCUT2D eigenvalue weighted by Crippen LogP contribution is -1.98. The van der Waals surface area contributed by atoms with Gasteiger partial charge in [0.15, 0.2) is 23.3 Å². The molecule has 0 atom stereocenters. The van der Waals surface area contributed by atoms with Crippen LogP contribution < -0.4 is 0 Å². The molecule has 0 aromatic heterocycles. The van der Waals surface area contributed by atoms with Crippen LogP contribution in [0.3, 0.4) is 0 Å². The lowest BCUT2D eigenvalue weighted by molar-refractivity contribution is 0.411. The van der Waals surface area contributed by atoms with Gasteiger partial charge in [0.2, 0.25) is 0 Å². The highest BCUT2D eigenvalue weighted by atomic mass is 19.2. The number of halogens is 5. The zero-order valence-corrected chi connectivity index (χ0v) is 8.28. The Labute approximate surface area is 93.3 Å². The number of rotatable bonds is 1. The second-order valence-electron chi connectivity index (χ2n) is 3.35. The van der Waals surface area contributed by atoms with Gasteiger partial charge >= 0.3 is 0 Å². The molecule has 0 aliphatic carbocycles. The Hall–Kier alpha value is -1.91. The maximum atomic E-state index is 13.4. The average Bonchev–Trinajstić information content (AvgIpc) is 2.32. The van der Waals surface area contributed by atoms with Gasteiger partial charge in [-0.25, -0.2) is 22.0 Å². The Morgan fingerprint density at radius 3 is 1.82 bits per heavy atom. The SMILES string of the molecule is Fc1ccc(-c2cc(F)c(F)c(F)c2F)cc1. The third kappa shape index (κ3) is 2.00. The van der Waals surface area contributed by atoms with E-state index in [1.54, 1.807) is 0 Å². The van der Waals surface area contributed by atoms with Crippen LogP contribution in [-0.4, -0.2) is 0 Å². The van der Waals surface area contributed by atoms with Crippen molar-refractivity contribution in [3.05, 3.63) is 59.4 Å². The molecule has 5 heteroatoms. The molecule has 0 bridgehead atoms. The fourth-order valence-corrected chi connectivity index (χ4v) is 1.41. The summed E-state index contributed by atoms with van der Waals surface area (Å²) in [5.41, 5.74) is -0.400. The first-order valence-electron chi connectivity index (χ1n) is 4.59. The van der Waals surface area contributed by atoms with Crippen molar-refractivity contribution in [2.75, 3.05) is 0 Å². The predicted octanol–water partition coefficient (Wildman–Crippen LogP) is 4.05. The molecule has 0 nitrogen and oxygen atoms in total. The molecule has 88 valence electrons. The molecule has 0 saturated heterocycles. The maximum absolute atomic E-state index is 13.4. The molecular weight excluding hydrogens is 239 g/mol. The number of hydrogen-bond acceptors (Lipinski definition) is 0. The van der Waals surface area contributed by atoms with Gasteiger partial charge in [0.1, 0.15) is 5.82 Å². The lowest BCUT2D eigenvalue weighted by Gasteiger charge is -2.05. The standard InChI is InChI=1S/C12H5F5/c13-7-3-1-6(2-4-7)8-5-9(14)11(16)12(17)10(8)15/h1-5H. The molecule has 0 radical (unpaired) electrons. The highest BCUT2D eigenvalue weighted by molar-refractivity contribution is 5.64. The van der Waals surface area contributed by atoms with Crippen LogP contribution in [0.4, 0.5) is 22.0 Å². The third-order valence-corrected chi connectivity index (χ3v) is 2.26. The molecule has 0 saturated carbocycles. The molecule has 17 heavy (non-hydrogen) atoms. The van der Waals surface area contributed by atoms with E-state index in [2.05, 4.69) is 0 Å². The fraction of sp³-hybridized carbons (Fsp3) is 0. The van der Waals surface area contributed by atoms with Gasteiger partial charge in [-0.15, -0.1) is 0 Å². The van der Waals surface area contributed by atoms with E-state index in [-0.39, 0.29) is 5.56 Å². The minimum atomic E-state index is -1.88. The van der Waals surface area contributed by atoms with Crippen molar-refractivity contribution >= 4 is 0 Å². The van der Waals surface area contributed by atoms with Crippen LogP contribution in [0.5, 0.6) is 0 Å². The summed E-state index contributed by atoms with van der Waals surface area (Å²) in [7, 11) is 0. The van der Waals surface area contributed by atoms with E-state index in [1.165, 1.54) is 0 Å². The lowest BCUT2D eigenvalue weighted by atomic mass is 10.0. The van der Waals surface area contributed by atoms with E-state index in [9.17, 15) is 22.0 Å². The Kier molecular flexibility index (Phi) is 2.83. The molecule has 0 heterocycles. The normalized spacial score (nSPS) is 10.6. The van der Waals surface area contributed by atoms with Crippen molar-refractivity contribution in [2.45, 2.75) is 0 Å². The Bertz CT molecular complexity index is 560. The summed E-state index contributed by atoms with van der Waals surface area (Å²) in [6.07, 6.45) is 0. The first-order chi connectivity index (χ1) is 8.00. The summed E-state index contributed by atoms with van der Waals surface area (Å²) >= 11 is 0. The minimum Gasteiger partial charge on any atom is -0.207 e. The van der Waals surface area contributed by atoms with Gasteiger partial charge in [0.25, 0.3) is 0 Å². The Morgan fingerprint density at radius 1 is 0.647 bits per heavy atom. The summed E-state index contributed by atoms with van der Waals surface area (Å²) in [5, 5.41) is 0. The van der Waals surface area contributed by atoms with E-state index >= 15 is 0 Å². The molecule has 2 aromatic rings. The molecule has 2 rings (SSSR count). The summed E-state index contributed by atoms with van der Waals surface area (Å²) in [5.74, 6) is -7.33. The van der Waals surface area contributed by atoms with Gasteiger partial charge in [-0.3, -0.25) is 0 Å². The number of hydrogen-bond donors (Lipinski definition) is 0. The second-order valence-corrected chi connectivity index (χ2v) is 3.35. The third-order valence-electron chi connectivity index (χ3n) is 2.26. The molecule has 0 N–H and O–H groups in total. The molecule has 0 amide bonds. The first kappa shape index (κ1) is 11.6. The first-order valence-corrected chi connectivity index (χ1v) is 4.59. The van der Waals surface area contributed by atoms with Crippen molar-refractivity contribution in [3.8, 4) is 11.1 Å². The van der Waals surface area contributed by atoms with Crippen LogP contribution in [0.1, 0.15) is 0 Å². The zero-order valence-electron chi connectivity index (χ0n) is 8.28. The molecular formula is C12H5F5. The predicted molar refractivity (Wildman–Crippen MR) is 51.7 cm³/mol. The van der Waals surface area contributed by atoms with Crippen LogP contribution in [-0.2, 0) is 0 Å². The summed E-state index contributed by atoms with van der Waals surface area (Å²) in [6, 6.07) is 4.83. The number of benzene rings is 2. The molecule has 0 unspecified atom stereocenters. The van der Waals surface area contributed by atoms with Gasteiger partial charge in [0, 0.05) is 5.56 Å².